The summed E-state index contributed by atoms with van der Waals surface area (Å²) in [5.74, 6) is -0.997. The summed E-state index contributed by atoms with van der Waals surface area (Å²) in [6.45, 7) is 0.590. The molecule has 0 bridgehead atoms. The van der Waals surface area contributed by atoms with Gasteiger partial charge in [0.2, 0.25) is 0 Å². The van der Waals surface area contributed by atoms with Crippen LogP contribution < -0.4 is 0 Å². The fourth-order valence-electron chi connectivity index (χ4n) is 1.62. The molecule has 10 heteroatoms. The van der Waals surface area contributed by atoms with E-state index < -0.39 is 11.9 Å². The van der Waals surface area contributed by atoms with Crippen molar-refractivity contribution in [3.8, 4) is 0 Å². The quantitative estimate of drug-likeness (QED) is 0.515. The molecule has 0 aliphatic carbocycles. The molecule has 1 aromatic rings. The highest BCUT2D eigenvalue weighted by Gasteiger charge is 2.25. The van der Waals surface area contributed by atoms with E-state index in [0.717, 1.165) is 0 Å². The van der Waals surface area contributed by atoms with E-state index in [9.17, 15) is 9.59 Å². The summed E-state index contributed by atoms with van der Waals surface area (Å²) < 4.78 is 9.51. The third kappa shape index (κ3) is 5.36. The van der Waals surface area contributed by atoms with Crippen molar-refractivity contribution in [1.82, 2.24) is 9.88 Å². The molecule has 0 unspecified atom stereocenters. The second kappa shape index (κ2) is 9.49. The van der Waals surface area contributed by atoms with Gasteiger partial charge in [0.05, 0.1) is 35.2 Å². The van der Waals surface area contributed by atoms with E-state index in [1.54, 1.807) is 0 Å². The highest BCUT2D eigenvalue weighted by molar-refractivity contribution is 6.52. The molecule has 0 radical (unpaired) electrons. The van der Waals surface area contributed by atoms with Gasteiger partial charge in [0.25, 0.3) is 5.91 Å². The van der Waals surface area contributed by atoms with Gasteiger partial charge in [-0.1, -0.05) is 46.4 Å². The standard InChI is InChI=1S/C13H14Cl4N2O4/c1-22-6-5-19(4-3-7(20)23-2)13(21)11-9(15)8(14)10(16)12(17)18-11/h3-6H2,1-2H3. The van der Waals surface area contributed by atoms with Crippen LogP contribution in [0.25, 0.3) is 0 Å². The molecule has 0 spiro atoms. The lowest BCUT2D eigenvalue weighted by molar-refractivity contribution is -0.140. The van der Waals surface area contributed by atoms with Gasteiger partial charge < -0.3 is 14.4 Å². The zero-order valence-corrected chi connectivity index (χ0v) is 15.4. The number of carbonyl (C=O) groups excluding carboxylic acids is 2. The van der Waals surface area contributed by atoms with E-state index in [4.69, 9.17) is 51.1 Å². The third-order valence-electron chi connectivity index (χ3n) is 2.85. The number of rotatable bonds is 7. The van der Waals surface area contributed by atoms with Crippen LogP contribution in [0.1, 0.15) is 16.9 Å². The second-order valence-electron chi connectivity index (χ2n) is 4.30. The molecule has 0 aromatic carbocycles. The molecule has 1 rings (SSSR count). The van der Waals surface area contributed by atoms with Crippen LogP contribution in [0.5, 0.6) is 0 Å². The molecular weight excluding hydrogens is 390 g/mol. The molecule has 1 aromatic heterocycles. The summed E-state index contributed by atoms with van der Waals surface area (Å²) in [6.07, 6.45) is 0.0125. The SMILES string of the molecule is COCCN(CCC(=O)OC)C(=O)c1nc(Cl)c(Cl)c(Cl)c1Cl. The molecule has 0 saturated carbocycles. The molecule has 128 valence electrons. The summed E-state index contributed by atoms with van der Waals surface area (Å²) in [6, 6.07) is 0. The van der Waals surface area contributed by atoms with E-state index in [1.807, 2.05) is 0 Å². The maximum atomic E-state index is 12.6. The first-order chi connectivity index (χ1) is 10.8. The van der Waals surface area contributed by atoms with Crippen molar-refractivity contribution in [3.63, 3.8) is 0 Å². The maximum absolute atomic E-state index is 12.6. The summed E-state index contributed by atoms with van der Waals surface area (Å²) in [5, 5.41) is -0.333. The first-order valence-electron chi connectivity index (χ1n) is 6.38. The normalized spacial score (nSPS) is 10.5. The average Bonchev–Trinajstić information content (AvgIpc) is 2.55. The minimum atomic E-state index is -0.545. The van der Waals surface area contributed by atoms with Gasteiger partial charge in [-0.25, -0.2) is 4.98 Å². The molecule has 0 aliphatic rings. The molecular formula is C13H14Cl4N2O4. The van der Waals surface area contributed by atoms with Gasteiger partial charge in [-0.05, 0) is 0 Å². The number of ether oxygens (including phenoxy) is 2. The Kier molecular flexibility index (Phi) is 8.36. The van der Waals surface area contributed by atoms with Crippen LogP contribution in [0.4, 0.5) is 0 Å². The van der Waals surface area contributed by atoms with E-state index in [-0.39, 0.29) is 52.0 Å². The lowest BCUT2D eigenvalue weighted by atomic mass is 10.3. The number of methoxy groups -OCH3 is 2. The van der Waals surface area contributed by atoms with Crippen molar-refractivity contribution in [1.29, 1.82) is 0 Å². The first-order valence-corrected chi connectivity index (χ1v) is 7.89. The topological polar surface area (TPSA) is 68.7 Å². The number of hydrogen-bond donors (Lipinski definition) is 0. The molecule has 0 atom stereocenters. The van der Waals surface area contributed by atoms with Crippen LogP contribution in [-0.2, 0) is 14.3 Å². The minimum absolute atomic E-state index is 0.0125. The lowest BCUT2D eigenvalue weighted by Crippen LogP contribution is -2.36. The van der Waals surface area contributed by atoms with Crippen LogP contribution in [0.2, 0.25) is 20.2 Å². The van der Waals surface area contributed by atoms with Crippen LogP contribution in [-0.4, -0.2) is 55.7 Å². The lowest BCUT2D eigenvalue weighted by Gasteiger charge is -2.22. The largest absolute Gasteiger partial charge is 0.469 e. The van der Waals surface area contributed by atoms with Crippen molar-refractivity contribution < 1.29 is 19.1 Å². The Hall–Kier alpha value is -0.790. The number of aromatic nitrogens is 1. The molecule has 1 heterocycles. The van der Waals surface area contributed by atoms with E-state index in [1.165, 1.54) is 19.1 Å². The number of nitrogens with zero attached hydrogens (tertiary/aromatic N) is 2. The summed E-state index contributed by atoms with van der Waals surface area (Å²) in [7, 11) is 2.75. The zero-order valence-electron chi connectivity index (χ0n) is 12.4. The number of esters is 1. The number of amides is 1. The van der Waals surface area contributed by atoms with Gasteiger partial charge in [-0.15, -0.1) is 0 Å². The highest BCUT2D eigenvalue weighted by atomic mass is 35.5. The average molecular weight is 404 g/mol. The van der Waals surface area contributed by atoms with Gasteiger partial charge in [-0.2, -0.15) is 0 Å². The molecule has 0 fully saturated rings. The van der Waals surface area contributed by atoms with Crippen LogP contribution in [0.3, 0.4) is 0 Å². The van der Waals surface area contributed by atoms with Crippen LogP contribution >= 0.6 is 46.4 Å². The van der Waals surface area contributed by atoms with Crippen LogP contribution in [0, 0.1) is 0 Å². The monoisotopic (exact) mass is 402 g/mol. The smallest absolute Gasteiger partial charge is 0.307 e. The maximum Gasteiger partial charge on any atom is 0.307 e. The minimum Gasteiger partial charge on any atom is -0.469 e. The van der Waals surface area contributed by atoms with Crippen LogP contribution in [0.15, 0.2) is 0 Å². The third-order valence-corrected chi connectivity index (χ3v) is 4.53. The Labute approximate surface area is 153 Å². The summed E-state index contributed by atoms with van der Waals surface area (Å²) >= 11 is 23.6. The Morgan fingerprint density at radius 1 is 1.04 bits per heavy atom. The van der Waals surface area contributed by atoms with Gasteiger partial charge >= 0.3 is 5.97 Å². The molecule has 6 nitrogen and oxygen atoms in total. The van der Waals surface area contributed by atoms with Gasteiger partial charge in [0, 0.05) is 20.2 Å². The molecule has 1 amide bonds. The van der Waals surface area contributed by atoms with Gasteiger partial charge in [-0.3, -0.25) is 9.59 Å². The Balaban J connectivity index is 3.06. The summed E-state index contributed by atoms with van der Waals surface area (Å²) in [4.78, 5) is 29.1. The van der Waals surface area contributed by atoms with Crippen molar-refractivity contribution in [2.75, 3.05) is 33.9 Å². The number of pyridine rings is 1. The summed E-state index contributed by atoms with van der Waals surface area (Å²) in [5.41, 5.74) is -0.146. The zero-order chi connectivity index (χ0) is 17.6. The second-order valence-corrected chi connectivity index (χ2v) is 5.80. The first kappa shape index (κ1) is 20.3. The van der Waals surface area contributed by atoms with Gasteiger partial charge in [0.15, 0.2) is 0 Å². The molecule has 0 aliphatic heterocycles. The fourth-order valence-corrected chi connectivity index (χ4v) is 2.43. The Morgan fingerprint density at radius 3 is 2.26 bits per heavy atom. The number of hydrogen-bond acceptors (Lipinski definition) is 5. The van der Waals surface area contributed by atoms with Gasteiger partial charge in [0.1, 0.15) is 10.8 Å². The molecule has 0 saturated heterocycles. The predicted molar refractivity (Wildman–Crippen MR) is 88.7 cm³/mol. The predicted octanol–water partition coefficient (Wildman–Crippen LogP) is 3.35. The van der Waals surface area contributed by atoms with Crippen molar-refractivity contribution in [3.05, 3.63) is 25.9 Å². The van der Waals surface area contributed by atoms with Crippen molar-refractivity contribution in [2.45, 2.75) is 6.42 Å². The van der Waals surface area contributed by atoms with E-state index in [0.29, 0.717) is 0 Å². The Bertz CT molecular complexity index is 598. The van der Waals surface area contributed by atoms with Crippen molar-refractivity contribution >= 4 is 58.3 Å². The highest BCUT2D eigenvalue weighted by Crippen LogP contribution is 2.36. The van der Waals surface area contributed by atoms with E-state index >= 15 is 0 Å². The van der Waals surface area contributed by atoms with E-state index in [2.05, 4.69) is 9.72 Å². The Morgan fingerprint density at radius 2 is 1.70 bits per heavy atom. The fraction of sp³-hybridized carbons (Fsp3) is 0.462. The number of halogens is 4. The van der Waals surface area contributed by atoms with Crippen molar-refractivity contribution in [2.24, 2.45) is 0 Å². The number of carbonyl (C=O) groups is 2. The molecule has 0 N–H and O–H groups in total. The molecule has 23 heavy (non-hydrogen) atoms.